The molecule has 0 aromatic heterocycles. The Morgan fingerprint density at radius 3 is 2.67 bits per heavy atom. The van der Waals surface area contributed by atoms with Crippen LogP contribution in [-0.2, 0) is 0 Å². The van der Waals surface area contributed by atoms with Gasteiger partial charge in [0.1, 0.15) is 5.82 Å². The molecule has 0 heterocycles. The Kier molecular flexibility index (Phi) is 4.45. The van der Waals surface area contributed by atoms with Gasteiger partial charge in [0.2, 0.25) is 0 Å². The van der Waals surface area contributed by atoms with E-state index in [4.69, 9.17) is 0 Å². The minimum atomic E-state index is -0.446. The van der Waals surface area contributed by atoms with Crippen LogP contribution in [0, 0.1) is 11.7 Å². The molecule has 0 aliphatic heterocycles. The SMILES string of the molecule is CC(C)CCC(=O)c1ccc(Br)cc1F. The molecule has 1 nitrogen and oxygen atoms in total. The van der Waals surface area contributed by atoms with Crippen LogP contribution in [0.2, 0.25) is 0 Å². The van der Waals surface area contributed by atoms with E-state index in [1.165, 1.54) is 12.1 Å². The third kappa shape index (κ3) is 3.74. The van der Waals surface area contributed by atoms with E-state index >= 15 is 0 Å². The minimum absolute atomic E-state index is 0.117. The highest BCUT2D eigenvalue weighted by Gasteiger charge is 2.12. The van der Waals surface area contributed by atoms with Crippen molar-refractivity contribution in [2.45, 2.75) is 26.7 Å². The maximum atomic E-state index is 13.4. The zero-order valence-corrected chi connectivity index (χ0v) is 10.5. The smallest absolute Gasteiger partial charge is 0.165 e. The topological polar surface area (TPSA) is 17.1 Å². The van der Waals surface area contributed by atoms with Crippen molar-refractivity contribution in [3.63, 3.8) is 0 Å². The number of Topliss-reactive ketones (excluding diaryl/α,β-unsaturated/α-hetero) is 1. The fourth-order valence-corrected chi connectivity index (χ4v) is 1.60. The molecular formula is C12H14BrFO. The summed E-state index contributed by atoms with van der Waals surface area (Å²) in [5.41, 5.74) is 0.193. The summed E-state index contributed by atoms with van der Waals surface area (Å²) < 4.78 is 14.0. The van der Waals surface area contributed by atoms with Crippen molar-refractivity contribution < 1.29 is 9.18 Å². The molecule has 1 rings (SSSR count). The van der Waals surface area contributed by atoms with Gasteiger partial charge in [0, 0.05) is 10.9 Å². The third-order valence-electron chi connectivity index (χ3n) is 2.18. The highest BCUT2D eigenvalue weighted by Crippen LogP contribution is 2.18. The number of benzene rings is 1. The molecule has 82 valence electrons. The van der Waals surface area contributed by atoms with Crippen molar-refractivity contribution in [1.29, 1.82) is 0 Å². The van der Waals surface area contributed by atoms with Crippen LogP contribution in [0.1, 0.15) is 37.0 Å². The Morgan fingerprint density at radius 1 is 1.47 bits per heavy atom. The van der Waals surface area contributed by atoms with Crippen molar-refractivity contribution in [2.75, 3.05) is 0 Å². The Balaban J connectivity index is 2.74. The van der Waals surface area contributed by atoms with Gasteiger partial charge in [-0.15, -0.1) is 0 Å². The van der Waals surface area contributed by atoms with E-state index < -0.39 is 5.82 Å². The fraction of sp³-hybridized carbons (Fsp3) is 0.417. The van der Waals surface area contributed by atoms with Crippen LogP contribution in [0.5, 0.6) is 0 Å². The van der Waals surface area contributed by atoms with Gasteiger partial charge in [0.05, 0.1) is 5.56 Å². The average molecular weight is 273 g/mol. The van der Waals surface area contributed by atoms with E-state index in [0.717, 1.165) is 6.42 Å². The highest BCUT2D eigenvalue weighted by atomic mass is 79.9. The molecule has 0 aliphatic rings. The lowest BCUT2D eigenvalue weighted by Crippen LogP contribution is -2.04. The Labute approximate surface area is 97.8 Å². The molecule has 0 N–H and O–H groups in total. The lowest BCUT2D eigenvalue weighted by atomic mass is 10.0. The first-order valence-electron chi connectivity index (χ1n) is 4.99. The van der Waals surface area contributed by atoms with Crippen LogP contribution in [0.25, 0.3) is 0 Å². The first-order valence-corrected chi connectivity index (χ1v) is 5.78. The van der Waals surface area contributed by atoms with Crippen molar-refractivity contribution in [2.24, 2.45) is 5.92 Å². The van der Waals surface area contributed by atoms with Gasteiger partial charge >= 0.3 is 0 Å². The van der Waals surface area contributed by atoms with Gasteiger partial charge in [-0.1, -0.05) is 29.8 Å². The van der Waals surface area contributed by atoms with Gasteiger partial charge in [0.25, 0.3) is 0 Å². The number of rotatable bonds is 4. The van der Waals surface area contributed by atoms with Crippen LogP contribution < -0.4 is 0 Å². The van der Waals surface area contributed by atoms with E-state index in [1.807, 2.05) is 13.8 Å². The van der Waals surface area contributed by atoms with Crippen molar-refractivity contribution in [1.82, 2.24) is 0 Å². The van der Waals surface area contributed by atoms with Gasteiger partial charge in [-0.25, -0.2) is 4.39 Å². The molecule has 0 spiro atoms. The maximum absolute atomic E-state index is 13.4. The maximum Gasteiger partial charge on any atom is 0.165 e. The number of halogens is 2. The summed E-state index contributed by atoms with van der Waals surface area (Å²) >= 11 is 3.16. The third-order valence-corrected chi connectivity index (χ3v) is 2.67. The second-order valence-electron chi connectivity index (χ2n) is 3.98. The largest absolute Gasteiger partial charge is 0.294 e. The first kappa shape index (κ1) is 12.4. The number of hydrogen-bond acceptors (Lipinski definition) is 1. The van der Waals surface area contributed by atoms with Crippen LogP contribution in [0.15, 0.2) is 22.7 Å². The molecule has 15 heavy (non-hydrogen) atoms. The monoisotopic (exact) mass is 272 g/mol. The number of hydrogen-bond donors (Lipinski definition) is 0. The van der Waals surface area contributed by atoms with E-state index in [1.54, 1.807) is 6.07 Å². The van der Waals surface area contributed by atoms with Crippen LogP contribution in [-0.4, -0.2) is 5.78 Å². The molecule has 0 aliphatic carbocycles. The van der Waals surface area contributed by atoms with Gasteiger partial charge < -0.3 is 0 Å². The molecule has 1 aromatic rings. The average Bonchev–Trinajstić information content (AvgIpc) is 2.14. The highest BCUT2D eigenvalue weighted by molar-refractivity contribution is 9.10. The Bertz CT molecular complexity index is 361. The molecule has 3 heteroatoms. The lowest BCUT2D eigenvalue weighted by Gasteiger charge is -2.05. The Hall–Kier alpha value is -0.700. The van der Waals surface area contributed by atoms with E-state index in [0.29, 0.717) is 16.8 Å². The summed E-state index contributed by atoms with van der Waals surface area (Å²) in [5.74, 6) is -0.0979. The van der Waals surface area contributed by atoms with Gasteiger partial charge in [-0.05, 0) is 30.5 Å². The van der Waals surface area contributed by atoms with Crippen LogP contribution in [0.4, 0.5) is 4.39 Å². The summed E-state index contributed by atoms with van der Waals surface area (Å²) in [6.45, 7) is 4.09. The molecule has 0 atom stereocenters. The number of ketones is 1. The molecule has 0 fully saturated rings. The second-order valence-corrected chi connectivity index (χ2v) is 4.90. The molecule has 0 saturated carbocycles. The summed E-state index contributed by atoms with van der Waals surface area (Å²) in [6.07, 6.45) is 1.21. The van der Waals surface area contributed by atoms with Crippen molar-refractivity contribution in [3.05, 3.63) is 34.1 Å². The zero-order chi connectivity index (χ0) is 11.4. The predicted molar refractivity (Wildman–Crippen MR) is 62.5 cm³/mol. The zero-order valence-electron chi connectivity index (χ0n) is 8.89. The standard InChI is InChI=1S/C12H14BrFO/c1-8(2)3-6-12(15)10-5-4-9(13)7-11(10)14/h4-5,7-8H,3,6H2,1-2H3. The van der Waals surface area contributed by atoms with Gasteiger partial charge in [-0.2, -0.15) is 0 Å². The molecule has 0 bridgehead atoms. The normalized spacial score (nSPS) is 10.7. The fourth-order valence-electron chi connectivity index (χ4n) is 1.27. The quantitative estimate of drug-likeness (QED) is 0.751. The van der Waals surface area contributed by atoms with Crippen molar-refractivity contribution >= 4 is 21.7 Å². The Morgan fingerprint density at radius 2 is 2.13 bits per heavy atom. The molecule has 0 radical (unpaired) electrons. The lowest BCUT2D eigenvalue weighted by molar-refractivity contribution is 0.0971. The van der Waals surface area contributed by atoms with Gasteiger partial charge in [0.15, 0.2) is 5.78 Å². The molecular weight excluding hydrogens is 259 g/mol. The summed E-state index contributed by atoms with van der Waals surface area (Å²) in [5, 5.41) is 0. The molecule has 0 amide bonds. The number of carbonyl (C=O) groups is 1. The van der Waals surface area contributed by atoms with E-state index in [9.17, 15) is 9.18 Å². The molecule has 0 saturated heterocycles. The van der Waals surface area contributed by atoms with E-state index in [-0.39, 0.29) is 11.3 Å². The van der Waals surface area contributed by atoms with Crippen LogP contribution >= 0.6 is 15.9 Å². The first-order chi connectivity index (χ1) is 7.00. The summed E-state index contributed by atoms with van der Waals surface area (Å²) in [4.78, 5) is 11.6. The van der Waals surface area contributed by atoms with E-state index in [2.05, 4.69) is 15.9 Å². The van der Waals surface area contributed by atoms with Crippen LogP contribution in [0.3, 0.4) is 0 Å². The predicted octanol–water partition coefficient (Wildman–Crippen LogP) is 4.21. The molecule has 1 aromatic carbocycles. The van der Waals surface area contributed by atoms with Gasteiger partial charge in [-0.3, -0.25) is 4.79 Å². The molecule has 0 unspecified atom stereocenters. The summed E-state index contributed by atoms with van der Waals surface area (Å²) in [7, 11) is 0. The summed E-state index contributed by atoms with van der Waals surface area (Å²) in [6, 6.07) is 4.54. The van der Waals surface area contributed by atoms with Crippen molar-refractivity contribution in [3.8, 4) is 0 Å². The minimum Gasteiger partial charge on any atom is -0.294 e. The number of carbonyl (C=O) groups excluding carboxylic acids is 1. The second kappa shape index (κ2) is 5.40.